The lowest BCUT2D eigenvalue weighted by Gasteiger charge is -2.46. The fraction of sp³-hybridized carbons (Fsp3) is 0.550. The number of benzene rings is 1. The van der Waals surface area contributed by atoms with Crippen LogP contribution in [0.2, 0.25) is 0 Å². The van der Waals surface area contributed by atoms with Gasteiger partial charge in [0.1, 0.15) is 22.8 Å². The second-order valence-corrected chi connectivity index (χ2v) is 9.45. The quantitative estimate of drug-likeness (QED) is 0.751. The molecule has 3 N–H and O–H groups in total. The number of thioether (sulfide) groups is 1. The summed E-state index contributed by atoms with van der Waals surface area (Å²) in [7, 11) is 0. The zero-order valence-electron chi connectivity index (χ0n) is 17.0. The van der Waals surface area contributed by atoms with Gasteiger partial charge in [-0.05, 0) is 33.3 Å². The molecule has 1 fully saturated rings. The molecule has 3 rings (SSSR count). The number of nitrogens with two attached hydrogens (primary N) is 1. The lowest BCUT2D eigenvalue weighted by Crippen LogP contribution is -2.52. The molecule has 3 unspecified atom stereocenters. The van der Waals surface area contributed by atoms with Crippen molar-refractivity contribution in [3.63, 3.8) is 0 Å². The van der Waals surface area contributed by atoms with Crippen LogP contribution in [-0.2, 0) is 19.8 Å². The average molecular weight is 442 g/mol. The number of primary amides is 1. The largest absolute Gasteiger partial charge is 0.444 e. The van der Waals surface area contributed by atoms with Crippen LogP contribution in [-0.4, -0.2) is 41.2 Å². The van der Waals surface area contributed by atoms with Crippen LogP contribution in [0.15, 0.2) is 23.2 Å². The predicted molar refractivity (Wildman–Crippen MR) is 109 cm³/mol. The van der Waals surface area contributed by atoms with E-state index in [1.165, 1.54) is 17.8 Å². The van der Waals surface area contributed by atoms with Gasteiger partial charge in [0.15, 0.2) is 5.17 Å². The number of nitrogens with zero attached hydrogens (tertiary/aromatic N) is 1. The highest BCUT2D eigenvalue weighted by Crippen LogP contribution is 2.47. The third kappa shape index (κ3) is 5.10. The van der Waals surface area contributed by atoms with Gasteiger partial charge in [-0.15, -0.1) is 0 Å². The van der Waals surface area contributed by atoms with Crippen molar-refractivity contribution in [2.24, 2.45) is 16.6 Å². The van der Waals surface area contributed by atoms with E-state index in [1.807, 2.05) is 0 Å². The Balaban J connectivity index is 1.94. The lowest BCUT2D eigenvalue weighted by molar-refractivity contribution is -0.124. The Morgan fingerprint density at radius 3 is 2.77 bits per heavy atom. The third-order valence-corrected chi connectivity index (χ3v) is 5.95. The van der Waals surface area contributed by atoms with Crippen molar-refractivity contribution in [1.29, 1.82) is 0 Å². The van der Waals surface area contributed by atoms with Gasteiger partial charge in [0.05, 0.1) is 19.1 Å². The molecule has 0 spiro atoms. The Labute approximate surface area is 177 Å². The number of alkyl carbamates (subject to hydrolysis) is 1. The predicted octanol–water partition coefficient (Wildman–Crippen LogP) is 3.07. The van der Waals surface area contributed by atoms with Crippen LogP contribution in [0, 0.1) is 17.6 Å². The molecule has 2 aliphatic heterocycles. The van der Waals surface area contributed by atoms with Gasteiger partial charge in [-0.2, -0.15) is 0 Å². The molecule has 0 aliphatic carbocycles. The highest BCUT2D eigenvalue weighted by atomic mass is 32.2. The summed E-state index contributed by atoms with van der Waals surface area (Å²) in [5, 5.41) is 2.87. The van der Waals surface area contributed by atoms with E-state index in [0.717, 1.165) is 12.1 Å². The highest BCUT2D eigenvalue weighted by Gasteiger charge is 2.50. The fourth-order valence-corrected chi connectivity index (χ4v) is 4.84. The van der Waals surface area contributed by atoms with Gasteiger partial charge >= 0.3 is 6.09 Å². The standard InChI is InChI=1S/C20H25F2N3O4S/c1-19(2,3)29-18(27)24-17-25-20(14-5-4-12(21)7-15(14)22)10-28-13(8-16(23)26)6-11(20)9-30-17/h4-5,7,11,13H,6,8-10H2,1-3H3,(H2,23,26)(H,24,25,27). The Morgan fingerprint density at radius 1 is 1.40 bits per heavy atom. The lowest BCUT2D eigenvalue weighted by atomic mass is 9.74. The van der Waals surface area contributed by atoms with Crippen LogP contribution in [0.4, 0.5) is 13.6 Å². The maximum atomic E-state index is 14.8. The minimum absolute atomic E-state index is 0.0295. The van der Waals surface area contributed by atoms with Gasteiger partial charge in [-0.3, -0.25) is 10.1 Å². The van der Waals surface area contributed by atoms with Crippen molar-refractivity contribution < 1.29 is 27.8 Å². The minimum atomic E-state index is -1.17. The van der Waals surface area contributed by atoms with Crippen LogP contribution in [0.5, 0.6) is 0 Å². The highest BCUT2D eigenvalue weighted by molar-refractivity contribution is 8.13. The summed E-state index contributed by atoms with van der Waals surface area (Å²) in [6, 6.07) is 3.31. The smallest absolute Gasteiger partial charge is 0.413 e. The average Bonchev–Trinajstić information content (AvgIpc) is 2.59. The van der Waals surface area contributed by atoms with Crippen LogP contribution in [0.3, 0.4) is 0 Å². The number of aliphatic imine (C=N–C) groups is 1. The van der Waals surface area contributed by atoms with Crippen LogP contribution < -0.4 is 11.1 Å². The Morgan fingerprint density at radius 2 is 2.13 bits per heavy atom. The summed E-state index contributed by atoms with van der Waals surface area (Å²) in [6.07, 6.45) is -0.600. The van der Waals surface area contributed by atoms with Crippen LogP contribution in [0.25, 0.3) is 0 Å². The monoisotopic (exact) mass is 441 g/mol. The molecule has 2 heterocycles. The Bertz CT molecular complexity index is 874. The SMILES string of the molecule is CC(C)(C)OC(=O)NC1=NC2(c3ccc(F)cc3F)COC(CC(N)=O)CC2CS1. The molecule has 0 radical (unpaired) electrons. The third-order valence-electron chi connectivity index (χ3n) is 4.92. The second-order valence-electron chi connectivity index (χ2n) is 8.44. The van der Waals surface area contributed by atoms with E-state index >= 15 is 0 Å². The zero-order chi connectivity index (χ0) is 22.1. The van der Waals surface area contributed by atoms with Gasteiger partial charge in [0.25, 0.3) is 0 Å². The molecule has 1 saturated heterocycles. The summed E-state index contributed by atoms with van der Waals surface area (Å²) in [5.41, 5.74) is 3.61. The molecule has 1 aromatic carbocycles. The molecule has 1 aromatic rings. The number of hydrogen-bond donors (Lipinski definition) is 2. The number of amidine groups is 1. The number of carbonyl (C=O) groups is 2. The number of rotatable bonds is 3. The van der Waals surface area contributed by atoms with E-state index in [-0.39, 0.29) is 29.7 Å². The van der Waals surface area contributed by atoms with Crippen molar-refractivity contribution in [2.75, 3.05) is 12.4 Å². The number of fused-ring (bicyclic) bond motifs is 1. The first kappa shape index (κ1) is 22.5. The van der Waals surface area contributed by atoms with Crippen molar-refractivity contribution >= 4 is 28.9 Å². The number of ether oxygens (including phenoxy) is 2. The minimum Gasteiger partial charge on any atom is -0.444 e. The van der Waals surface area contributed by atoms with E-state index in [1.54, 1.807) is 20.8 Å². The molecule has 0 aromatic heterocycles. The van der Waals surface area contributed by atoms with E-state index in [2.05, 4.69) is 10.3 Å². The zero-order valence-corrected chi connectivity index (χ0v) is 17.9. The maximum Gasteiger partial charge on any atom is 0.413 e. The van der Waals surface area contributed by atoms with Gasteiger partial charge in [0, 0.05) is 23.3 Å². The number of halogens is 2. The van der Waals surface area contributed by atoms with Crippen LogP contribution >= 0.6 is 11.8 Å². The van der Waals surface area contributed by atoms with Crippen LogP contribution in [0.1, 0.15) is 39.2 Å². The first-order valence-electron chi connectivity index (χ1n) is 9.56. The molecular formula is C20H25F2N3O4S. The summed E-state index contributed by atoms with van der Waals surface area (Å²) in [4.78, 5) is 28.1. The fourth-order valence-electron chi connectivity index (χ4n) is 3.69. The molecule has 0 saturated carbocycles. The molecule has 0 bridgehead atoms. The van der Waals surface area contributed by atoms with E-state index in [9.17, 15) is 18.4 Å². The first-order chi connectivity index (χ1) is 14.0. The van der Waals surface area contributed by atoms with E-state index in [4.69, 9.17) is 15.2 Å². The van der Waals surface area contributed by atoms with Crippen molar-refractivity contribution in [2.45, 2.75) is 50.9 Å². The molecule has 164 valence electrons. The van der Waals surface area contributed by atoms with E-state index < -0.39 is 40.9 Å². The van der Waals surface area contributed by atoms with Gasteiger partial charge in [-0.25, -0.2) is 18.6 Å². The molecule has 7 nitrogen and oxygen atoms in total. The van der Waals surface area contributed by atoms with Gasteiger partial charge < -0.3 is 15.2 Å². The number of amides is 2. The summed E-state index contributed by atoms with van der Waals surface area (Å²) in [5.74, 6) is -1.65. The summed E-state index contributed by atoms with van der Waals surface area (Å²) >= 11 is 1.30. The molecule has 2 amide bonds. The second kappa shape index (κ2) is 8.50. The van der Waals surface area contributed by atoms with Crippen molar-refractivity contribution in [1.82, 2.24) is 5.32 Å². The van der Waals surface area contributed by atoms with Gasteiger partial charge in [-0.1, -0.05) is 17.8 Å². The van der Waals surface area contributed by atoms with E-state index in [0.29, 0.717) is 12.2 Å². The molecule has 3 atom stereocenters. The first-order valence-corrected chi connectivity index (χ1v) is 10.5. The molecule has 10 heteroatoms. The summed E-state index contributed by atoms with van der Waals surface area (Å²) < 4.78 is 39.4. The van der Waals surface area contributed by atoms with Crippen molar-refractivity contribution in [3.8, 4) is 0 Å². The van der Waals surface area contributed by atoms with Gasteiger partial charge in [0.2, 0.25) is 5.91 Å². The molecular weight excluding hydrogens is 416 g/mol. The maximum absolute atomic E-state index is 14.8. The normalized spacial score (nSPS) is 26.4. The number of nitrogens with one attached hydrogen (secondary N) is 1. The molecule has 30 heavy (non-hydrogen) atoms. The summed E-state index contributed by atoms with van der Waals surface area (Å²) in [6.45, 7) is 5.18. The number of hydrogen-bond acceptors (Lipinski definition) is 6. The topological polar surface area (TPSA) is 103 Å². The number of carbonyl (C=O) groups excluding carboxylic acids is 2. The Hall–Kier alpha value is -2.20. The Kier molecular flexibility index (Phi) is 6.37. The van der Waals surface area contributed by atoms with Crippen molar-refractivity contribution in [3.05, 3.63) is 35.4 Å². The molecule has 2 aliphatic rings.